The van der Waals surface area contributed by atoms with Crippen LogP contribution in [0.25, 0.3) is 11.4 Å². The maximum atomic E-state index is 13.1. The number of nitrogens with zero attached hydrogens (tertiary/aromatic N) is 2. The van der Waals surface area contributed by atoms with Crippen LogP contribution in [0, 0.1) is 0 Å². The largest absolute Gasteiger partial charge is 0.337 e. The van der Waals surface area contributed by atoms with Gasteiger partial charge in [-0.25, -0.2) is 4.39 Å². The van der Waals surface area contributed by atoms with Gasteiger partial charge in [-0.3, -0.25) is 0 Å². The number of hydrogen-bond acceptors (Lipinski definition) is 4. The Bertz CT molecular complexity index is 563. The summed E-state index contributed by atoms with van der Waals surface area (Å²) >= 11 is 6.05. The predicted molar refractivity (Wildman–Crippen MR) is 72.2 cm³/mol. The molecule has 102 valence electrons. The molecule has 0 spiro atoms. The van der Waals surface area contributed by atoms with Crippen molar-refractivity contribution in [2.45, 2.75) is 18.6 Å². The van der Waals surface area contributed by atoms with E-state index in [0.717, 1.165) is 0 Å². The standard InChI is InChI=1S/C12H11ClFN3O.ClH/c13-9-4-2-1-3-8(9)11-16-12(18-17-11)10-5-7(14)6-15-10;/h1-4,7,10,15H,5-6H2;1H/t7-,10+;/m0./s1. The molecule has 0 aliphatic carbocycles. The highest BCUT2D eigenvalue weighted by Crippen LogP contribution is 2.28. The zero-order valence-electron chi connectivity index (χ0n) is 9.85. The third-order valence-corrected chi connectivity index (χ3v) is 3.26. The van der Waals surface area contributed by atoms with Crippen LogP contribution in [0.3, 0.4) is 0 Å². The van der Waals surface area contributed by atoms with Crippen molar-refractivity contribution in [1.82, 2.24) is 15.5 Å². The van der Waals surface area contributed by atoms with E-state index in [-0.39, 0.29) is 18.4 Å². The van der Waals surface area contributed by atoms with Gasteiger partial charge in [-0.05, 0) is 12.1 Å². The van der Waals surface area contributed by atoms with Gasteiger partial charge in [0, 0.05) is 18.5 Å². The zero-order chi connectivity index (χ0) is 12.5. The molecule has 2 aromatic rings. The van der Waals surface area contributed by atoms with Gasteiger partial charge in [-0.15, -0.1) is 12.4 Å². The Labute approximate surface area is 120 Å². The van der Waals surface area contributed by atoms with Gasteiger partial charge < -0.3 is 9.84 Å². The average Bonchev–Trinajstić information content (AvgIpc) is 2.98. The van der Waals surface area contributed by atoms with Gasteiger partial charge in [0.15, 0.2) is 0 Å². The number of alkyl halides is 1. The lowest BCUT2D eigenvalue weighted by molar-refractivity contribution is 0.324. The van der Waals surface area contributed by atoms with Crippen molar-refractivity contribution in [2.24, 2.45) is 0 Å². The molecule has 1 fully saturated rings. The van der Waals surface area contributed by atoms with E-state index >= 15 is 0 Å². The molecular formula is C12H12Cl2FN3O. The third-order valence-electron chi connectivity index (χ3n) is 2.93. The second-order valence-electron chi connectivity index (χ2n) is 4.23. The van der Waals surface area contributed by atoms with Crippen LogP contribution in [0.2, 0.25) is 5.02 Å². The van der Waals surface area contributed by atoms with Crippen molar-refractivity contribution in [1.29, 1.82) is 0 Å². The minimum Gasteiger partial charge on any atom is -0.337 e. The lowest BCUT2D eigenvalue weighted by Gasteiger charge is -2.01. The van der Waals surface area contributed by atoms with Gasteiger partial charge in [-0.1, -0.05) is 28.9 Å². The van der Waals surface area contributed by atoms with Gasteiger partial charge in [-0.2, -0.15) is 4.98 Å². The molecule has 2 atom stereocenters. The molecule has 3 rings (SSSR count). The number of halogens is 3. The van der Waals surface area contributed by atoms with Crippen molar-refractivity contribution in [3.63, 3.8) is 0 Å². The Morgan fingerprint density at radius 3 is 2.84 bits per heavy atom. The van der Waals surface area contributed by atoms with Crippen LogP contribution in [0.15, 0.2) is 28.8 Å². The first kappa shape index (κ1) is 14.2. The van der Waals surface area contributed by atoms with Crippen LogP contribution < -0.4 is 5.32 Å². The van der Waals surface area contributed by atoms with Gasteiger partial charge in [0.1, 0.15) is 6.17 Å². The maximum absolute atomic E-state index is 13.1. The normalized spacial score (nSPS) is 22.2. The minimum absolute atomic E-state index is 0. The van der Waals surface area contributed by atoms with Crippen LogP contribution in [0.4, 0.5) is 4.39 Å². The minimum atomic E-state index is -0.856. The van der Waals surface area contributed by atoms with Gasteiger partial charge in [0.25, 0.3) is 0 Å². The summed E-state index contributed by atoms with van der Waals surface area (Å²) in [7, 11) is 0. The van der Waals surface area contributed by atoms with E-state index in [9.17, 15) is 4.39 Å². The average molecular weight is 304 g/mol. The zero-order valence-corrected chi connectivity index (χ0v) is 11.4. The molecule has 0 saturated carbocycles. The maximum Gasteiger partial charge on any atom is 0.244 e. The van der Waals surface area contributed by atoms with Crippen LogP contribution >= 0.6 is 24.0 Å². The van der Waals surface area contributed by atoms with Crippen molar-refractivity contribution < 1.29 is 8.91 Å². The van der Waals surface area contributed by atoms with Crippen LogP contribution in [0.5, 0.6) is 0 Å². The number of aromatic nitrogens is 2. The first-order valence-corrected chi connectivity index (χ1v) is 6.08. The first-order valence-electron chi connectivity index (χ1n) is 5.70. The molecule has 1 aliphatic heterocycles. The second kappa shape index (κ2) is 5.86. The Balaban J connectivity index is 0.00000133. The van der Waals surface area contributed by atoms with E-state index in [1.807, 2.05) is 18.2 Å². The number of nitrogens with one attached hydrogen (secondary N) is 1. The predicted octanol–water partition coefficient (Wildman–Crippen LogP) is 3.18. The molecule has 0 bridgehead atoms. The van der Waals surface area contributed by atoms with Gasteiger partial charge in [0.05, 0.1) is 11.1 Å². The molecule has 0 unspecified atom stereocenters. The van der Waals surface area contributed by atoms with Crippen molar-refractivity contribution in [3.8, 4) is 11.4 Å². The first-order chi connectivity index (χ1) is 8.74. The molecule has 7 heteroatoms. The quantitative estimate of drug-likeness (QED) is 0.926. The van der Waals surface area contributed by atoms with Crippen LogP contribution in [-0.4, -0.2) is 22.9 Å². The second-order valence-corrected chi connectivity index (χ2v) is 4.64. The highest BCUT2D eigenvalue weighted by atomic mass is 35.5. The summed E-state index contributed by atoms with van der Waals surface area (Å²) in [5, 5.41) is 7.44. The molecule has 2 heterocycles. The fraction of sp³-hybridized carbons (Fsp3) is 0.333. The summed E-state index contributed by atoms with van der Waals surface area (Å²) in [5.74, 6) is 0.838. The molecule has 1 N–H and O–H groups in total. The van der Waals surface area contributed by atoms with Crippen LogP contribution in [0.1, 0.15) is 18.4 Å². The summed E-state index contributed by atoms with van der Waals surface area (Å²) in [5.41, 5.74) is 0.712. The van der Waals surface area contributed by atoms with E-state index in [4.69, 9.17) is 16.1 Å². The lowest BCUT2D eigenvalue weighted by Crippen LogP contribution is -2.14. The van der Waals surface area contributed by atoms with Crippen molar-refractivity contribution in [2.75, 3.05) is 6.54 Å². The molecule has 1 aromatic heterocycles. The summed E-state index contributed by atoms with van der Waals surface area (Å²) in [6, 6.07) is 7.06. The third kappa shape index (κ3) is 2.88. The lowest BCUT2D eigenvalue weighted by atomic mass is 10.2. The van der Waals surface area contributed by atoms with Crippen LogP contribution in [-0.2, 0) is 0 Å². The topological polar surface area (TPSA) is 51.0 Å². The van der Waals surface area contributed by atoms with Gasteiger partial charge in [0.2, 0.25) is 11.7 Å². The van der Waals surface area contributed by atoms with E-state index in [2.05, 4.69) is 15.5 Å². The fourth-order valence-corrected chi connectivity index (χ4v) is 2.23. The SMILES string of the molecule is Cl.F[C@@H]1CN[C@@H](c2nc(-c3ccccc3Cl)no2)C1. The Morgan fingerprint density at radius 1 is 1.37 bits per heavy atom. The summed E-state index contributed by atoms with van der Waals surface area (Å²) < 4.78 is 18.2. The summed E-state index contributed by atoms with van der Waals surface area (Å²) in [6.07, 6.45) is -0.491. The number of rotatable bonds is 2. The van der Waals surface area contributed by atoms with Crippen molar-refractivity contribution >= 4 is 24.0 Å². The highest BCUT2D eigenvalue weighted by Gasteiger charge is 2.29. The number of benzene rings is 1. The molecule has 4 nitrogen and oxygen atoms in total. The molecule has 0 radical (unpaired) electrons. The van der Waals surface area contributed by atoms with E-state index in [0.29, 0.717) is 35.3 Å². The monoisotopic (exact) mass is 303 g/mol. The highest BCUT2D eigenvalue weighted by molar-refractivity contribution is 6.33. The summed E-state index contributed by atoms with van der Waals surface area (Å²) in [4.78, 5) is 4.27. The Morgan fingerprint density at radius 2 is 2.16 bits per heavy atom. The fourth-order valence-electron chi connectivity index (χ4n) is 2.01. The Hall–Kier alpha value is -1.17. The molecule has 1 saturated heterocycles. The smallest absolute Gasteiger partial charge is 0.244 e. The van der Waals surface area contributed by atoms with E-state index in [1.54, 1.807) is 6.07 Å². The van der Waals surface area contributed by atoms with Gasteiger partial charge >= 0.3 is 0 Å². The molecule has 1 aromatic carbocycles. The Kier molecular flexibility index (Phi) is 4.39. The van der Waals surface area contributed by atoms with E-state index < -0.39 is 6.17 Å². The molecule has 19 heavy (non-hydrogen) atoms. The molecule has 0 amide bonds. The van der Waals surface area contributed by atoms with E-state index in [1.165, 1.54) is 0 Å². The van der Waals surface area contributed by atoms with Crippen molar-refractivity contribution in [3.05, 3.63) is 35.2 Å². The summed E-state index contributed by atoms with van der Waals surface area (Å²) in [6.45, 7) is 0.328. The number of hydrogen-bond donors (Lipinski definition) is 1. The molecule has 1 aliphatic rings. The molecular weight excluding hydrogens is 292 g/mol.